The number of hydrogen-bond donors (Lipinski definition) is 1. The summed E-state index contributed by atoms with van der Waals surface area (Å²) in [6.07, 6.45) is 2.73. The lowest BCUT2D eigenvalue weighted by Crippen LogP contribution is -2.47. The third-order valence-corrected chi connectivity index (χ3v) is 6.29. The van der Waals surface area contributed by atoms with E-state index < -0.39 is 0 Å². The molecule has 0 amide bonds. The van der Waals surface area contributed by atoms with E-state index in [1.165, 1.54) is 0 Å². The van der Waals surface area contributed by atoms with Gasteiger partial charge < -0.3 is 24.3 Å². The summed E-state index contributed by atoms with van der Waals surface area (Å²) in [6.45, 7) is 3.25. The Hall–Kier alpha value is -3.55. The molecule has 1 fully saturated rings. The molecule has 1 N–H and O–H groups in total. The monoisotopic (exact) mass is 433 g/mol. The predicted octanol–water partition coefficient (Wildman–Crippen LogP) is 3.36. The van der Waals surface area contributed by atoms with Gasteiger partial charge in [-0.15, -0.1) is 0 Å². The summed E-state index contributed by atoms with van der Waals surface area (Å²) in [7, 11) is 3.50. The van der Waals surface area contributed by atoms with Crippen LogP contribution >= 0.6 is 0 Å². The molecule has 8 nitrogen and oxygen atoms in total. The molecule has 1 saturated heterocycles. The Balaban J connectivity index is 1.38. The first-order chi connectivity index (χ1) is 15.7. The minimum absolute atomic E-state index is 0.0137. The molecule has 1 unspecified atom stereocenters. The molecule has 1 aliphatic heterocycles. The number of rotatable bonds is 5. The summed E-state index contributed by atoms with van der Waals surface area (Å²) in [5.41, 5.74) is 2.51. The lowest BCUT2D eigenvalue weighted by molar-refractivity contribution is 0.0959. The molecule has 1 atom stereocenters. The van der Waals surface area contributed by atoms with Crippen molar-refractivity contribution in [1.82, 2.24) is 9.97 Å². The second-order valence-corrected chi connectivity index (χ2v) is 8.13. The largest absolute Gasteiger partial charge is 0.495 e. The number of anilines is 3. The second kappa shape index (κ2) is 8.53. The molecule has 0 spiro atoms. The number of hydrogen-bond acceptors (Lipinski definition) is 8. The third-order valence-electron chi connectivity index (χ3n) is 6.29. The highest BCUT2D eigenvalue weighted by atomic mass is 16.5. The zero-order valence-corrected chi connectivity index (χ0v) is 18.4. The van der Waals surface area contributed by atoms with Gasteiger partial charge in [0.1, 0.15) is 17.3 Å². The van der Waals surface area contributed by atoms with E-state index in [9.17, 15) is 4.79 Å². The number of ether oxygens (including phenoxy) is 1. The van der Waals surface area contributed by atoms with E-state index in [2.05, 4.69) is 21.2 Å². The van der Waals surface area contributed by atoms with Crippen molar-refractivity contribution in [2.75, 3.05) is 55.5 Å². The first kappa shape index (κ1) is 20.4. The van der Waals surface area contributed by atoms with Crippen molar-refractivity contribution in [1.29, 1.82) is 0 Å². The maximum absolute atomic E-state index is 12.9. The molecule has 0 bridgehead atoms. The average Bonchev–Trinajstić information content (AvgIpc) is 3.38. The summed E-state index contributed by atoms with van der Waals surface area (Å²) < 4.78 is 11.1. The number of aromatic nitrogens is 2. The van der Waals surface area contributed by atoms with Crippen LogP contribution in [0.25, 0.3) is 0 Å². The molecule has 2 aromatic heterocycles. The number of nitrogens with one attached hydrogen (secondary N) is 1. The summed E-state index contributed by atoms with van der Waals surface area (Å²) in [5, 5.41) is 3.12. The molecule has 5 rings (SSSR count). The lowest BCUT2D eigenvalue weighted by atomic mass is 9.84. The highest BCUT2D eigenvalue weighted by molar-refractivity contribution is 6.03. The number of para-hydroxylation sites is 2. The van der Waals surface area contributed by atoms with Crippen molar-refractivity contribution in [2.45, 2.75) is 18.8 Å². The third kappa shape index (κ3) is 3.66. The van der Waals surface area contributed by atoms with E-state index >= 15 is 0 Å². The molecular formula is C24H27N5O3. The van der Waals surface area contributed by atoms with E-state index in [0.717, 1.165) is 49.1 Å². The number of furan rings is 1. The first-order valence-electron chi connectivity index (χ1n) is 11.0. The van der Waals surface area contributed by atoms with Crippen LogP contribution in [0.2, 0.25) is 0 Å². The number of benzene rings is 1. The van der Waals surface area contributed by atoms with Gasteiger partial charge in [-0.05, 0) is 24.3 Å². The van der Waals surface area contributed by atoms with Crippen LogP contribution in [0.5, 0.6) is 5.75 Å². The van der Waals surface area contributed by atoms with Crippen LogP contribution in [0, 0.1) is 0 Å². The Morgan fingerprint density at radius 3 is 2.53 bits per heavy atom. The van der Waals surface area contributed by atoms with Crippen LogP contribution in [0.1, 0.15) is 34.2 Å². The number of piperazine rings is 1. The smallest absolute Gasteiger partial charge is 0.227 e. The molecule has 0 saturated carbocycles. The van der Waals surface area contributed by atoms with Gasteiger partial charge in [-0.1, -0.05) is 12.1 Å². The van der Waals surface area contributed by atoms with Crippen molar-refractivity contribution in [3.8, 4) is 5.75 Å². The van der Waals surface area contributed by atoms with E-state index in [4.69, 9.17) is 19.1 Å². The van der Waals surface area contributed by atoms with Gasteiger partial charge >= 0.3 is 0 Å². The first-order valence-corrected chi connectivity index (χ1v) is 11.0. The molecular weight excluding hydrogens is 406 g/mol. The Morgan fingerprint density at radius 1 is 1.03 bits per heavy atom. The van der Waals surface area contributed by atoms with Gasteiger partial charge in [0.15, 0.2) is 5.78 Å². The normalized spacial score (nSPS) is 18.4. The number of nitrogens with zero attached hydrogens (tertiary/aromatic N) is 4. The molecule has 3 heterocycles. The van der Waals surface area contributed by atoms with Gasteiger partial charge in [0, 0.05) is 52.0 Å². The van der Waals surface area contributed by atoms with Gasteiger partial charge in [0.25, 0.3) is 0 Å². The maximum atomic E-state index is 12.9. The topological polar surface area (TPSA) is 83.7 Å². The fraction of sp³-hybridized carbons (Fsp3) is 0.375. The molecule has 8 heteroatoms. The number of carbonyl (C=O) groups excluding carboxylic acids is 1. The van der Waals surface area contributed by atoms with Crippen LogP contribution in [-0.2, 0) is 6.42 Å². The zero-order chi connectivity index (χ0) is 22.1. The minimum atomic E-state index is 0.0137. The second-order valence-electron chi connectivity index (χ2n) is 8.13. The Kier molecular flexibility index (Phi) is 5.43. The number of ketones is 1. The van der Waals surface area contributed by atoms with E-state index in [-0.39, 0.29) is 11.7 Å². The van der Waals surface area contributed by atoms with Crippen molar-refractivity contribution in [2.24, 2.45) is 0 Å². The van der Waals surface area contributed by atoms with E-state index in [1.807, 2.05) is 30.3 Å². The molecule has 1 aromatic carbocycles. The molecule has 2 aliphatic rings. The van der Waals surface area contributed by atoms with Gasteiger partial charge in [-0.2, -0.15) is 4.98 Å². The average molecular weight is 434 g/mol. The van der Waals surface area contributed by atoms with Gasteiger partial charge in [-0.25, -0.2) is 4.98 Å². The highest BCUT2D eigenvalue weighted by Crippen LogP contribution is 2.36. The summed E-state index contributed by atoms with van der Waals surface area (Å²) in [6, 6.07) is 11.9. The number of fused-ring (bicyclic) bond motifs is 1. The Bertz CT molecular complexity index is 1110. The van der Waals surface area contributed by atoms with Crippen LogP contribution in [0.4, 0.5) is 17.5 Å². The van der Waals surface area contributed by atoms with E-state index in [0.29, 0.717) is 30.2 Å². The van der Waals surface area contributed by atoms with Crippen molar-refractivity contribution in [3.05, 3.63) is 59.7 Å². The summed E-state index contributed by atoms with van der Waals surface area (Å²) in [4.78, 5) is 27.0. The van der Waals surface area contributed by atoms with Crippen molar-refractivity contribution in [3.63, 3.8) is 0 Å². The molecule has 3 aromatic rings. The van der Waals surface area contributed by atoms with Gasteiger partial charge in [0.2, 0.25) is 5.95 Å². The number of Topliss-reactive ketones (excluding diaryl/α,β-unsaturated/α-hetero) is 1. The van der Waals surface area contributed by atoms with Crippen LogP contribution in [0.15, 0.2) is 47.1 Å². The van der Waals surface area contributed by atoms with Crippen molar-refractivity contribution >= 4 is 23.2 Å². The summed E-state index contributed by atoms with van der Waals surface area (Å²) in [5.74, 6) is 3.07. The standard InChI is InChI=1S/C24H27N5O3/c1-25-23-22-17(14-16(15-19(22)30)20-8-5-13-32-20)26-24(27-23)29-11-9-28(10-12-29)18-6-3-4-7-21(18)31-2/h3-8,13,16H,9-12,14-15H2,1-2H3,(H,25,26,27). The van der Waals surface area contributed by atoms with Crippen LogP contribution < -0.4 is 19.9 Å². The fourth-order valence-corrected chi connectivity index (χ4v) is 4.65. The number of methoxy groups -OCH3 is 1. The summed E-state index contributed by atoms with van der Waals surface area (Å²) >= 11 is 0. The maximum Gasteiger partial charge on any atom is 0.227 e. The van der Waals surface area contributed by atoms with Gasteiger partial charge in [-0.3, -0.25) is 4.79 Å². The molecule has 166 valence electrons. The fourth-order valence-electron chi connectivity index (χ4n) is 4.65. The van der Waals surface area contributed by atoms with Crippen LogP contribution in [-0.4, -0.2) is 56.1 Å². The van der Waals surface area contributed by atoms with E-state index in [1.54, 1.807) is 20.4 Å². The van der Waals surface area contributed by atoms with Crippen LogP contribution in [0.3, 0.4) is 0 Å². The van der Waals surface area contributed by atoms with Gasteiger partial charge in [0.05, 0.1) is 30.3 Å². The SMILES string of the molecule is CNc1nc(N2CCN(c3ccccc3OC)CC2)nc2c1C(=O)CC(c1ccco1)C2. The Morgan fingerprint density at radius 2 is 1.81 bits per heavy atom. The molecule has 0 radical (unpaired) electrons. The Labute approximate surface area is 187 Å². The minimum Gasteiger partial charge on any atom is -0.495 e. The lowest BCUT2D eigenvalue weighted by Gasteiger charge is -2.37. The highest BCUT2D eigenvalue weighted by Gasteiger charge is 2.33. The zero-order valence-electron chi connectivity index (χ0n) is 18.4. The quantitative estimate of drug-likeness (QED) is 0.656. The molecule has 1 aliphatic carbocycles. The predicted molar refractivity (Wildman–Crippen MR) is 123 cm³/mol. The number of carbonyl (C=O) groups is 1. The van der Waals surface area contributed by atoms with Crippen molar-refractivity contribution < 1.29 is 13.9 Å². The molecule has 32 heavy (non-hydrogen) atoms.